The molecule has 3 amide bonds. The van der Waals surface area contributed by atoms with Crippen LogP contribution >= 0.6 is 23.5 Å². The van der Waals surface area contributed by atoms with Crippen LogP contribution in [0.1, 0.15) is 46.0 Å². The number of carbonyl (C=O) groups is 4. The molecule has 3 aliphatic heterocycles. The van der Waals surface area contributed by atoms with Crippen molar-refractivity contribution in [1.29, 1.82) is 0 Å². The molecule has 0 aromatic rings. The van der Waals surface area contributed by atoms with Gasteiger partial charge in [0.25, 0.3) is 0 Å². The summed E-state index contributed by atoms with van der Waals surface area (Å²) in [5.41, 5.74) is 0. The number of carbonyl (C=O) groups excluding carboxylic acids is 4. The number of hydrogen-bond acceptors (Lipinski definition) is 8. The van der Waals surface area contributed by atoms with Gasteiger partial charge in [0.15, 0.2) is 0 Å². The van der Waals surface area contributed by atoms with Crippen molar-refractivity contribution < 1.29 is 29.0 Å². The smallest absolute Gasteiger partial charge is 0.309 e. The number of thioether (sulfide) groups is 2. The lowest BCUT2D eigenvalue weighted by Gasteiger charge is -2.31. The molecule has 11 heteroatoms. The third kappa shape index (κ3) is 9.14. The van der Waals surface area contributed by atoms with Crippen LogP contribution < -0.4 is 16.0 Å². The van der Waals surface area contributed by atoms with Gasteiger partial charge >= 0.3 is 5.97 Å². The Hall–Kier alpha value is -1.72. The second kappa shape index (κ2) is 14.6. The largest absolute Gasteiger partial charge is 0.457 e. The average Bonchev–Trinajstić information content (AvgIpc) is 2.79. The lowest BCUT2D eigenvalue weighted by Crippen LogP contribution is -2.57. The highest BCUT2D eigenvalue weighted by Gasteiger charge is 2.33. The molecule has 9 nitrogen and oxygen atoms in total. The van der Waals surface area contributed by atoms with E-state index in [4.69, 9.17) is 4.74 Å². The van der Waals surface area contributed by atoms with Crippen molar-refractivity contribution >= 4 is 47.2 Å². The minimum Gasteiger partial charge on any atom is -0.457 e. The number of nitrogens with one attached hydrogen (secondary N) is 3. The first-order valence-corrected chi connectivity index (χ1v) is 14.3. The normalized spacial score (nSPS) is 31.7. The maximum absolute atomic E-state index is 13.2. The molecular formula is C23H37N3O6S2. The molecule has 192 valence electrons. The van der Waals surface area contributed by atoms with E-state index < -0.39 is 54.0 Å². The molecule has 6 atom stereocenters. The van der Waals surface area contributed by atoms with Gasteiger partial charge in [0.05, 0.1) is 25.0 Å². The molecule has 0 aliphatic carbocycles. The Kier molecular flexibility index (Phi) is 12.3. The Balaban J connectivity index is 2.45. The zero-order valence-corrected chi connectivity index (χ0v) is 21.7. The van der Waals surface area contributed by atoms with E-state index in [0.29, 0.717) is 36.5 Å². The highest BCUT2D eigenvalue weighted by Crippen LogP contribution is 2.18. The van der Waals surface area contributed by atoms with Crippen LogP contribution in [0, 0.1) is 5.92 Å². The van der Waals surface area contributed by atoms with Crippen molar-refractivity contribution in [2.24, 2.45) is 5.92 Å². The van der Waals surface area contributed by atoms with Crippen LogP contribution in [0.15, 0.2) is 12.2 Å². The summed E-state index contributed by atoms with van der Waals surface area (Å²) in [7, 11) is 0. The maximum atomic E-state index is 13.2. The van der Waals surface area contributed by atoms with Crippen LogP contribution in [0.3, 0.4) is 0 Å². The van der Waals surface area contributed by atoms with Crippen molar-refractivity contribution in [3.63, 3.8) is 0 Å². The monoisotopic (exact) mass is 515 g/mol. The first kappa shape index (κ1) is 28.5. The summed E-state index contributed by atoms with van der Waals surface area (Å²) in [6, 6.07) is -2.33. The Morgan fingerprint density at radius 2 is 1.94 bits per heavy atom. The first-order chi connectivity index (χ1) is 16.2. The molecule has 0 unspecified atom stereocenters. The van der Waals surface area contributed by atoms with Gasteiger partial charge in [0, 0.05) is 5.75 Å². The fraction of sp³-hybridized carbons (Fsp3) is 0.739. The predicted octanol–water partition coefficient (Wildman–Crippen LogP) is 1.000. The molecule has 3 rings (SSSR count). The average molecular weight is 516 g/mol. The van der Waals surface area contributed by atoms with Crippen LogP contribution in [0.25, 0.3) is 0 Å². The number of esters is 1. The summed E-state index contributed by atoms with van der Waals surface area (Å²) in [6.07, 6.45) is 4.44. The summed E-state index contributed by atoms with van der Waals surface area (Å²) in [6.45, 7) is 3.82. The zero-order valence-electron chi connectivity index (χ0n) is 20.1. The van der Waals surface area contributed by atoms with Gasteiger partial charge in [0.2, 0.25) is 17.7 Å². The lowest BCUT2D eigenvalue weighted by atomic mass is 9.92. The fourth-order valence-corrected chi connectivity index (χ4v) is 5.13. The van der Waals surface area contributed by atoms with Crippen LogP contribution in [0.2, 0.25) is 0 Å². The Morgan fingerprint density at radius 1 is 1.18 bits per heavy atom. The van der Waals surface area contributed by atoms with Crippen molar-refractivity contribution in [2.45, 2.75) is 76.3 Å². The number of hydrogen-bond donors (Lipinski definition) is 4. The van der Waals surface area contributed by atoms with E-state index in [1.54, 1.807) is 29.6 Å². The molecule has 1 saturated heterocycles. The van der Waals surface area contributed by atoms with Gasteiger partial charge < -0.3 is 25.8 Å². The molecule has 0 saturated carbocycles. The molecule has 1 fully saturated rings. The minimum atomic E-state index is -1.17. The van der Waals surface area contributed by atoms with Gasteiger partial charge in [-0.25, -0.2) is 0 Å². The summed E-state index contributed by atoms with van der Waals surface area (Å²) in [4.78, 5) is 51.7. The Labute approximate surface area is 210 Å². The Morgan fingerprint density at radius 3 is 2.65 bits per heavy atom. The second-order valence-corrected chi connectivity index (χ2v) is 10.8. The topological polar surface area (TPSA) is 134 Å². The van der Waals surface area contributed by atoms with Crippen molar-refractivity contribution in [3.05, 3.63) is 12.2 Å². The molecule has 4 N–H and O–H groups in total. The number of amides is 3. The number of rotatable bonds is 5. The lowest BCUT2D eigenvalue weighted by molar-refractivity contribution is -0.151. The van der Waals surface area contributed by atoms with Gasteiger partial charge in [-0.2, -0.15) is 23.5 Å². The van der Waals surface area contributed by atoms with Gasteiger partial charge in [0.1, 0.15) is 18.2 Å². The van der Waals surface area contributed by atoms with Crippen molar-refractivity contribution in [2.75, 3.05) is 23.5 Å². The third-order valence-electron chi connectivity index (χ3n) is 6.04. The molecule has 0 aromatic heterocycles. The van der Waals surface area contributed by atoms with Gasteiger partial charge in [-0.15, -0.1) is 0 Å². The molecule has 0 spiro atoms. The predicted molar refractivity (Wildman–Crippen MR) is 134 cm³/mol. The molecular weight excluding hydrogens is 478 g/mol. The van der Waals surface area contributed by atoms with Crippen LogP contribution in [0.4, 0.5) is 0 Å². The molecule has 0 aromatic carbocycles. The summed E-state index contributed by atoms with van der Waals surface area (Å²) < 4.78 is 5.52. The molecule has 0 radical (unpaired) electrons. The molecule has 3 aliphatic rings. The van der Waals surface area contributed by atoms with E-state index in [0.717, 1.165) is 0 Å². The third-order valence-corrected chi connectivity index (χ3v) is 7.63. The van der Waals surface area contributed by atoms with Gasteiger partial charge in [-0.05, 0) is 42.6 Å². The summed E-state index contributed by atoms with van der Waals surface area (Å²) >= 11 is 3.12. The highest BCUT2D eigenvalue weighted by molar-refractivity contribution is 7.99. The highest BCUT2D eigenvalue weighted by atomic mass is 32.2. The van der Waals surface area contributed by atoms with Crippen molar-refractivity contribution in [1.82, 2.24) is 16.0 Å². The van der Waals surface area contributed by atoms with E-state index in [1.807, 2.05) is 26.2 Å². The molecule has 34 heavy (non-hydrogen) atoms. The maximum Gasteiger partial charge on any atom is 0.309 e. The van der Waals surface area contributed by atoms with Crippen LogP contribution in [-0.2, 0) is 23.9 Å². The number of fused-ring (bicyclic) bond motifs is 15. The van der Waals surface area contributed by atoms with E-state index in [2.05, 4.69) is 16.0 Å². The van der Waals surface area contributed by atoms with Gasteiger partial charge in [-0.1, -0.05) is 26.3 Å². The molecule has 3 heterocycles. The SMILES string of the molecule is CC[C@H](C)[C@@H]1NC(=O)[C@H]2CCSC/C=C/[C@H](CC(=O)N[C@H](CCSC)C(=O)N2)OC(=O)C[C@@H]1O. The van der Waals surface area contributed by atoms with E-state index in [-0.39, 0.29) is 18.8 Å². The van der Waals surface area contributed by atoms with Crippen LogP contribution in [0.5, 0.6) is 0 Å². The summed E-state index contributed by atoms with van der Waals surface area (Å²) in [5, 5.41) is 19.2. The van der Waals surface area contributed by atoms with Crippen LogP contribution in [-0.4, -0.2) is 82.6 Å². The standard InChI is InChI=1S/C23H37N3O6S2/c1-4-14(2)21-18(27)13-20(29)32-15-6-5-9-34-11-8-17(23(31)26-21)25-22(30)16(7-10-33-3)24-19(28)12-15/h5-6,14-18,21,27H,4,7-13H2,1-3H3,(H,24,28)(H,25,30)(H,26,31)/b6-5+/t14-,15+,16+,17+,18-,21-/m0/s1. The second-order valence-electron chi connectivity index (χ2n) is 8.68. The fourth-order valence-electron chi connectivity index (χ4n) is 3.84. The quantitative estimate of drug-likeness (QED) is 0.315. The van der Waals surface area contributed by atoms with Gasteiger partial charge in [-0.3, -0.25) is 19.2 Å². The Bertz CT molecular complexity index is 750. The number of aliphatic hydroxyl groups excluding tert-OH is 1. The molecule has 2 bridgehead atoms. The number of ether oxygens (including phenoxy) is 1. The van der Waals surface area contributed by atoms with E-state index >= 15 is 0 Å². The first-order valence-electron chi connectivity index (χ1n) is 11.8. The minimum absolute atomic E-state index is 0.114. The summed E-state index contributed by atoms with van der Waals surface area (Å²) in [5.74, 6) is -0.174. The van der Waals surface area contributed by atoms with E-state index in [9.17, 15) is 24.3 Å². The zero-order chi connectivity index (χ0) is 25.1. The van der Waals surface area contributed by atoms with Crippen molar-refractivity contribution in [3.8, 4) is 0 Å². The van der Waals surface area contributed by atoms with E-state index in [1.165, 1.54) is 0 Å². The number of aliphatic hydroxyl groups is 1.